The molecule has 0 spiro atoms. The van der Waals surface area contributed by atoms with Crippen molar-refractivity contribution in [1.29, 1.82) is 0 Å². The topological polar surface area (TPSA) is 29.1 Å². The summed E-state index contributed by atoms with van der Waals surface area (Å²) in [6.07, 6.45) is 5.22. The standard InChI is InChI=1S/C13H21NO/c1-5-10(15)14-11-12(2,3)9-6-7-13(11,4)8-9/h5,9,11H,1,6-8H2,2-4H3,(H,14,15). The van der Waals surface area contributed by atoms with Crippen molar-refractivity contribution in [2.45, 2.75) is 46.1 Å². The molecule has 0 saturated heterocycles. The first-order valence-electron chi connectivity index (χ1n) is 5.83. The molecule has 15 heavy (non-hydrogen) atoms. The average molecular weight is 207 g/mol. The predicted octanol–water partition coefficient (Wildman–Crippen LogP) is 2.50. The van der Waals surface area contributed by atoms with Crippen LogP contribution in [0.2, 0.25) is 0 Å². The van der Waals surface area contributed by atoms with Crippen LogP contribution in [0.15, 0.2) is 12.7 Å². The van der Waals surface area contributed by atoms with E-state index in [1.165, 1.54) is 25.3 Å². The number of amides is 1. The van der Waals surface area contributed by atoms with Gasteiger partial charge in [-0.1, -0.05) is 27.4 Å². The molecule has 2 heteroatoms. The number of rotatable bonds is 2. The van der Waals surface area contributed by atoms with E-state index < -0.39 is 0 Å². The highest BCUT2D eigenvalue weighted by atomic mass is 16.1. The highest BCUT2D eigenvalue weighted by Crippen LogP contribution is 2.62. The Kier molecular flexibility index (Phi) is 2.21. The fourth-order valence-corrected chi connectivity index (χ4v) is 3.86. The van der Waals surface area contributed by atoms with Crippen LogP contribution in [0.4, 0.5) is 0 Å². The second kappa shape index (κ2) is 3.10. The van der Waals surface area contributed by atoms with Crippen LogP contribution in [-0.2, 0) is 4.79 Å². The van der Waals surface area contributed by atoms with Crippen molar-refractivity contribution in [2.75, 3.05) is 0 Å². The fraction of sp³-hybridized carbons (Fsp3) is 0.769. The van der Waals surface area contributed by atoms with Gasteiger partial charge < -0.3 is 5.32 Å². The Labute approximate surface area is 92.1 Å². The van der Waals surface area contributed by atoms with Gasteiger partial charge in [0.1, 0.15) is 0 Å². The highest BCUT2D eigenvalue weighted by Gasteiger charge is 2.59. The van der Waals surface area contributed by atoms with Gasteiger partial charge in [-0.2, -0.15) is 0 Å². The summed E-state index contributed by atoms with van der Waals surface area (Å²) in [5.74, 6) is 0.750. The SMILES string of the molecule is C=CC(=O)NC1C2(C)CCC(C2)C1(C)C. The number of carbonyl (C=O) groups is 1. The molecule has 0 aliphatic heterocycles. The zero-order valence-electron chi connectivity index (χ0n) is 9.97. The first kappa shape index (κ1) is 10.7. The molecule has 1 amide bonds. The van der Waals surface area contributed by atoms with Gasteiger partial charge in [-0.3, -0.25) is 4.79 Å². The summed E-state index contributed by atoms with van der Waals surface area (Å²) in [7, 11) is 0. The van der Waals surface area contributed by atoms with Gasteiger partial charge in [-0.25, -0.2) is 0 Å². The summed E-state index contributed by atoms with van der Waals surface area (Å²) in [5, 5.41) is 3.13. The summed E-state index contributed by atoms with van der Waals surface area (Å²) in [4.78, 5) is 11.4. The van der Waals surface area contributed by atoms with Crippen LogP contribution >= 0.6 is 0 Å². The molecule has 2 aliphatic rings. The van der Waals surface area contributed by atoms with E-state index in [9.17, 15) is 4.79 Å². The van der Waals surface area contributed by atoms with Gasteiger partial charge in [-0.15, -0.1) is 0 Å². The summed E-state index contributed by atoms with van der Waals surface area (Å²) in [6.45, 7) is 10.4. The zero-order chi connectivity index (χ0) is 11.3. The Morgan fingerprint density at radius 2 is 2.13 bits per heavy atom. The minimum absolute atomic E-state index is 0.0261. The smallest absolute Gasteiger partial charge is 0.243 e. The second-order valence-corrected chi connectivity index (χ2v) is 6.06. The van der Waals surface area contributed by atoms with Crippen molar-refractivity contribution in [3.8, 4) is 0 Å². The molecule has 2 nitrogen and oxygen atoms in total. The van der Waals surface area contributed by atoms with E-state index in [1.807, 2.05) is 0 Å². The molecular formula is C13H21NO. The maximum atomic E-state index is 11.4. The van der Waals surface area contributed by atoms with E-state index in [1.54, 1.807) is 0 Å². The van der Waals surface area contributed by atoms with E-state index in [0.717, 1.165) is 5.92 Å². The fourth-order valence-electron chi connectivity index (χ4n) is 3.86. The zero-order valence-corrected chi connectivity index (χ0v) is 9.97. The van der Waals surface area contributed by atoms with E-state index in [4.69, 9.17) is 0 Å². The van der Waals surface area contributed by atoms with E-state index in [2.05, 4.69) is 32.7 Å². The van der Waals surface area contributed by atoms with E-state index >= 15 is 0 Å². The third-order valence-corrected chi connectivity index (χ3v) is 4.74. The maximum Gasteiger partial charge on any atom is 0.243 e. The normalized spacial score (nSPS) is 41.5. The van der Waals surface area contributed by atoms with Gasteiger partial charge in [0.2, 0.25) is 5.91 Å². The number of fused-ring (bicyclic) bond motifs is 2. The maximum absolute atomic E-state index is 11.4. The number of nitrogens with one attached hydrogen (secondary N) is 1. The highest BCUT2D eigenvalue weighted by molar-refractivity contribution is 5.87. The molecule has 0 aromatic carbocycles. The quantitative estimate of drug-likeness (QED) is 0.693. The Hall–Kier alpha value is -0.790. The van der Waals surface area contributed by atoms with Gasteiger partial charge in [0.15, 0.2) is 0 Å². The molecule has 3 atom stereocenters. The van der Waals surface area contributed by atoms with E-state index in [0.29, 0.717) is 11.5 Å². The summed E-state index contributed by atoms with van der Waals surface area (Å²) in [6, 6.07) is 0.314. The third-order valence-electron chi connectivity index (χ3n) is 4.74. The molecule has 0 aromatic heterocycles. The lowest BCUT2D eigenvalue weighted by Gasteiger charge is -2.42. The molecule has 3 unspecified atom stereocenters. The van der Waals surface area contributed by atoms with Gasteiger partial charge in [0, 0.05) is 6.04 Å². The third kappa shape index (κ3) is 1.42. The lowest BCUT2D eigenvalue weighted by molar-refractivity contribution is -0.119. The lowest BCUT2D eigenvalue weighted by Crippen LogP contribution is -2.51. The first-order chi connectivity index (χ1) is 6.90. The van der Waals surface area contributed by atoms with Crippen LogP contribution in [-0.4, -0.2) is 11.9 Å². The number of hydrogen-bond donors (Lipinski definition) is 1. The minimum atomic E-state index is -0.0261. The van der Waals surface area contributed by atoms with Crippen molar-refractivity contribution in [2.24, 2.45) is 16.7 Å². The van der Waals surface area contributed by atoms with Crippen LogP contribution in [0.5, 0.6) is 0 Å². The molecule has 2 rings (SSSR count). The van der Waals surface area contributed by atoms with E-state index in [-0.39, 0.29) is 11.3 Å². The predicted molar refractivity (Wildman–Crippen MR) is 61.4 cm³/mol. The molecule has 0 aromatic rings. The molecule has 2 saturated carbocycles. The van der Waals surface area contributed by atoms with Gasteiger partial charge in [-0.05, 0) is 42.1 Å². The van der Waals surface area contributed by atoms with Gasteiger partial charge in [0.25, 0.3) is 0 Å². The van der Waals surface area contributed by atoms with Crippen LogP contribution in [0.25, 0.3) is 0 Å². The van der Waals surface area contributed by atoms with Gasteiger partial charge in [0.05, 0.1) is 0 Å². The molecule has 0 radical (unpaired) electrons. The molecular weight excluding hydrogens is 186 g/mol. The lowest BCUT2D eigenvalue weighted by atomic mass is 9.68. The molecule has 2 fully saturated rings. The Balaban J connectivity index is 2.22. The van der Waals surface area contributed by atoms with Crippen molar-refractivity contribution < 1.29 is 4.79 Å². The van der Waals surface area contributed by atoms with Crippen LogP contribution in [0.3, 0.4) is 0 Å². The van der Waals surface area contributed by atoms with Crippen LogP contribution in [0, 0.1) is 16.7 Å². The summed E-state index contributed by atoms with van der Waals surface area (Å²) >= 11 is 0. The minimum Gasteiger partial charge on any atom is -0.349 e. The first-order valence-corrected chi connectivity index (χ1v) is 5.83. The second-order valence-electron chi connectivity index (χ2n) is 6.06. The Morgan fingerprint density at radius 1 is 1.47 bits per heavy atom. The molecule has 2 bridgehead atoms. The summed E-state index contributed by atoms with van der Waals surface area (Å²) in [5.41, 5.74) is 0.554. The molecule has 2 aliphatic carbocycles. The molecule has 0 heterocycles. The molecule has 1 N–H and O–H groups in total. The Morgan fingerprint density at radius 3 is 2.60 bits per heavy atom. The molecule has 84 valence electrons. The average Bonchev–Trinajstić information content (AvgIpc) is 2.63. The summed E-state index contributed by atoms with van der Waals surface area (Å²) < 4.78 is 0. The number of carbonyl (C=O) groups excluding carboxylic acids is 1. The van der Waals surface area contributed by atoms with Crippen LogP contribution < -0.4 is 5.32 Å². The monoisotopic (exact) mass is 207 g/mol. The van der Waals surface area contributed by atoms with Crippen molar-refractivity contribution in [1.82, 2.24) is 5.32 Å². The van der Waals surface area contributed by atoms with Crippen molar-refractivity contribution in [3.05, 3.63) is 12.7 Å². The van der Waals surface area contributed by atoms with Crippen molar-refractivity contribution in [3.63, 3.8) is 0 Å². The Bertz CT molecular complexity index is 303. The number of hydrogen-bond acceptors (Lipinski definition) is 1. The van der Waals surface area contributed by atoms with Crippen LogP contribution in [0.1, 0.15) is 40.0 Å². The van der Waals surface area contributed by atoms with Crippen molar-refractivity contribution >= 4 is 5.91 Å². The van der Waals surface area contributed by atoms with Gasteiger partial charge >= 0.3 is 0 Å². The largest absolute Gasteiger partial charge is 0.349 e.